The Morgan fingerprint density at radius 1 is 1.19 bits per heavy atom. The molecule has 0 unspecified atom stereocenters. The van der Waals surface area contributed by atoms with Crippen molar-refractivity contribution in [1.82, 2.24) is 0 Å². The highest BCUT2D eigenvalue weighted by Crippen LogP contribution is 2.68. The van der Waals surface area contributed by atoms with Crippen molar-refractivity contribution in [3.63, 3.8) is 0 Å². The van der Waals surface area contributed by atoms with Crippen LogP contribution < -0.4 is 0 Å². The third-order valence-corrected chi connectivity index (χ3v) is 8.96. The van der Waals surface area contributed by atoms with Crippen molar-refractivity contribution in [2.24, 2.45) is 40.4 Å². The van der Waals surface area contributed by atoms with Gasteiger partial charge in [-0.2, -0.15) is 0 Å². The molecule has 3 saturated carbocycles. The molecule has 0 aromatic carbocycles. The fourth-order valence-electron chi connectivity index (χ4n) is 7.90. The lowest BCUT2D eigenvalue weighted by atomic mass is 9.45. The van der Waals surface area contributed by atoms with Crippen LogP contribution in [0.25, 0.3) is 0 Å². The second kappa shape index (κ2) is 5.51. The highest BCUT2D eigenvalue weighted by molar-refractivity contribution is 5.92. The standard InChI is InChI=1S/C22H32O4/c1-12-9-18-16-6-5-14-10-15(24)11-22(25,26)21(14,4)17(16)7-8-20(18,3)19(12)13(2)23/h10,12,16-19,25-26H,5-9,11H2,1-4H3/t12-,16-,17+,18+,19+,20+,21+/m1/s1. The predicted molar refractivity (Wildman–Crippen MR) is 98.0 cm³/mol. The second-order valence-electron chi connectivity index (χ2n) is 10.1. The first kappa shape index (κ1) is 18.4. The molecule has 4 heteroatoms. The summed E-state index contributed by atoms with van der Waals surface area (Å²) < 4.78 is 0. The van der Waals surface area contributed by atoms with Crippen molar-refractivity contribution in [2.75, 3.05) is 0 Å². The van der Waals surface area contributed by atoms with Gasteiger partial charge in [-0.05, 0) is 74.2 Å². The van der Waals surface area contributed by atoms with Crippen LogP contribution in [0.15, 0.2) is 11.6 Å². The molecule has 4 aliphatic carbocycles. The average Bonchev–Trinajstić information content (AvgIpc) is 2.78. The van der Waals surface area contributed by atoms with Crippen molar-refractivity contribution in [3.05, 3.63) is 11.6 Å². The number of ketones is 2. The van der Waals surface area contributed by atoms with Crippen LogP contribution in [0, 0.1) is 40.4 Å². The zero-order valence-electron chi connectivity index (χ0n) is 16.4. The molecule has 0 aromatic heterocycles. The number of hydrogen-bond acceptors (Lipinski definition) is 4. The number of carbonyl (C=O) groups is 2. The summed E-state index contributed by atoms with van der Waals surface area (Å²) in [5.41, 5.74) is 0.211. The van der Waals surface area contributed by atoms with E-state index in [1.165, 1.54) is 0 Å². The van der Waals surface area contributed by atoms with Crippen LogP contribution in [-0.2, 0) is 9.59 Å². The van der Waals surface area contributed by atoms with Crippen LogP contribution in [0.4, 0.5) is 0 Å². The molecule has 0 aromatic rings. The van der Waals surface area contributed by atoms with Crippen LogP contribution >= 0.6 is 0 Å². The third kappa shape index (κ3) is 2.15. The van der Waals surface area contributed by atoms with Crippen LogP contribution in [0.5, 0.6) is 0 Å². The van der Waals surface area contributed by atoms with Gasteiger partial charge in [-0.25, -0.2) is 0 Å². The monoisotopic (exact) mass is 360 g/mol. The van der Waals surface area contributed by atoms with Crippen molar-refractivity contribution >= 4 is 11.6 Å². The van der Waals surface area contributed by atoms with Crippen LogP contribution in [-0.4, -0.2) is 27.6 Å². The van der Waals surface area contributed by atoms with Gasteiger partial charge in [-0.1, -0.05) is 26.3 Å². The van der Waals surface area contributed by atoms with Gasteiger partial charge in [0.25, 0.3) is 0 Å². The Bertz CT molecular complexity index is 692. The van der Waals surface area contributed by atoms with E-state index in [0.29, 0.717) is 23.5 Å². The smallest absolute Gasteiger partial charge is 0.179 e. The van der Waals surface area contributed by atoms with E-state index in [1.807, 2.05) is 6.92 Å². The molecule has 0 aliphatic heterocycles. The molecular weight excluding hydrogens is 328 g/mol. The highest BCUT2D eigenvalue weighted by Gasteiger charge is 2.65. The summed E-state index contributed by atoms with van der Waals surface area (Å²) in [5.74, 6) is -0.285. The van der Waals surface area contributed by atoms with Gasteiger partial charge >= 0.3 is 0 Å². The van der Waals surface area contributed by atoms with Gasteiger partial charge in [0, 0.05) is 11.3 Å². The fourth-order valence-corrected chi connectivity index (χ4v) is 7.90. The molecule has 0 bridgehead atoms. The van der Waals surface area contributed by atoms with E-state index in [0.717, 1.165) is 37.7 Å². The molecule has 0 amide bonds. The molecule has 4 rings (SSSR count). The SMILES string of the molecule is CC(=O)[C@@H]1[C@H](C)C[C@H]2[C@@H]3CCC4=CC(=O)CC(O)(O)[C@]4(C)[C@H]3CC[C@]12C. The lowest BCUT2D eigenvalue weighted by Crippen LogP contribution is -2.61. The van der Waals surface area contributed by atoms with Crippen molar-refractivity contribution in [2.45, 2.75) is 72.0 Å². The Hall–Kier alpha value is -1.00. The van der Waals surface area contributed by atoms with Crippen molar-refractivity contribution in [1.29, 1.82) is 0 Å². The van der Waals surface area contributed by atoms with E-state index >= 15 is 0 Å². The minimum Gasteiger partial charge on any atom is -0.365 e. The Balaban J connectivity index is 1.75. The number of Topliss-reactive ketones (excluding diaryl/α,β-unsaturated/α-hetero) is 1. The van der Waals surface area contributed by atoms with Crippen LogP contribution in [0.2, 0.25) is 0 Å². The molecule has 26 heavy (non-hydrogen) atoms. The number of carbonyl (C=O) groups excluding carboxylic acids is 2. The summed E-state index contributed by atoms with van der Waals surface area (Å²) in [6, 6.07) is 0. The third-order valence-electron chi connectivity index (χ3n) is 8.96. The molecule has 4 aliphatic rings. The summed E-state index contributed by atoms with van der Waals surface area (Å²) in [6.45, 7) is 8.21. The first-order chi connectivity index (χ1) is 12.0. The first-order valence-electron chi connectivity index (χ1n) is 10.2. The van der Waals surface area contributed by atoms with Gasteiger partial charge in [0.1, 0.15) is 5.78 Å². The van der Waals surface area contributed by atoms with Gasteiger partial charge in [0.15, 0.2) is 11.6 Å². The normalized spacial score (nSPS) is 49.7. The zero-order valence-corrected chi connectivity index (χ0v) is 16.4. The molecule has 0 saturated heterocycles. The van der Waals surface area contributed by atoms with Gasteiger partial charge in [-0.15, -0.1) is 0 Å². The fraction of sp³-hybridized carbons (Fsp3) is 0.818. The number of aliphatic hydroxyl groups is 2. The lowest BCUT2D eigenvalue weighted by molar-refractivity contribution is -0.263. The van der Waals surface area contributed by atoms with E-state index in [4.69, 9.17) is 0 Å². The molecule has 7 atom stereocenters. The highest BCUT2D eigenvalue weighted by atomic mass is 16.5. The topological polar surface area (TPSA) is 74.6 Å². The molecule has 3 fully saturated rings. The summed E-state index contributed by atoms with van der Waals surface area (Å²) in [5, 5.41) is 21.7. The van der Waals surface area contributed by atoms with E-state index in [1.54, 1.807) is 13.0 Å². The maximum atomic E-state index is 12.4. The molecule has 0 heterocycles. The maximum Gasteiger partial charge on any atom is 0.179 e. The summed E-state index contributed by atoms with van der Waals surface area (Å²) in [6.07, 6.45) is 6.15. The van der Waals surface area contributed by atoms with E-state index in [-0.39, 0.29) is 29.5 Å². The zero-order chi connectivity index (χ0) is 19.1. The minimum atomic E-state index is -1.96. The number of rotatable bonds is 1. The van der Waals surface area contributed by atoms with Crippen molar-refractivity contribution in [3.8, 4) is 0 Å². The average molecular weight is 360 g/mol. The quantitative estimate of drug-likeness (QED) is 0.704. The first-order valence-corrected chi connectivity index (χ1v) is 10.2. The number of hydrogen-bond donors (Lipinski definition) is 2. The second-order valence-corrected chi connectivity index (χ2v) is 10.1. The predicted octanol–water partition coefficient (Wildman–Crippen LogP) is 3.26. The molecule has 144 valence electrons. The molecule has 0 spiro atoms. The Morgan fingerprint density at radius 2 is 1.88 bits per heavy atom. The van der Waals surface area contributed by atoms with Crippen LogP contribution in [0.1, 0.15) is 66.2 Å². The molecule has 2 N–H and O–H groups in total. The van der Waals surface area contributed by atoms with Gasteiger partial charge in [0.05, 0.1) is 6.42 Å². The van der Waals surface area contributed by atoms with E-state index in [2.05, 4.69) is 13.8 Å². The van der Waals surface area contributed by atoms with Crippen LogP contribution in [0.3, 0.4) is 0 Å². The Morgan fingerprint density at radius 3 is 2.54 bits per heavy atom. The minimum absolute atomic E-state index is 0.0298. The molecule has 4 nitrogen and oxygen atoms in total. The number of fused-ring (bicyclic) bond motifs is 5. The Labute approximate surface area is 156 Å². The van der Waals surface area contributed by atoms with E-state index in [9.17, 15) is 19.8 Å². The van der Waals surface area contributed by atoms with Gasteiger partial charge < -0.3 is 10.2 Å². The maximum absolute atomic E-state index is 12.4. The largest absolute Gasteiger partial charge is 0.365 e. The summed E-state index contributed by atoms with van der Waals surface area (Å²) in [4.78, 5) is 24.4. The lowest BCUT2D eigenvalue weighted by Gasteiger charge is -2.60. The van der Waals surface area contributed by atoms with Crippen molar-refractivity contribution < 1.29 is 19.8 Å². The van der Waals surface area contributed by atoms with Gasteiger partial charge in [0.2, 0.25) is 0 Å². The molecular formula is C22H32O4. The molecule has 0 radical (unpaired) electrons. The van der Waals surface area contributed by atoms with E-state index < -0.39 is 11.2 Å². The van der Waals surface area contributed by atoms with Gasteiger partial charge in [-0.3, -0.25) is 9.59 Å². The Kier molecular flexibility index (Phi) is 3.89. The summed E-state index contributed by atoms with van der Waals surface area (Å²) >= 11 is 0. The summed E-state index contributed by atoms with van der Waals surface area (Å²) in [7, 11) is 0.